The summed E-state index contributed by atoms with van der Waals surface area (Å²) in [6.07, 6.45) is 0. The van der Waals surface area contributed by atoms with Gasteiger partial charge in [-0.15, -0.1) is 0 Å². The molecule has 1 N–H and O–H groups in total. The fourth-order valence-corrected chi connectivity index (χ4v) is 1.72. The molecule has 0 saturated carbocycles. The maximum absolute atomic E-state index is 4.17. The van der Waals surface area contributed by atoms with Crippen LogP contribution in [-0.4, -0.2) is 13.8 Å². The highest BCUT2D eigenvalue weighted by Gasteiger charge is 2.18. The van der Waals surface area contributed by atoms with Gasteiger partial charge in [-0.3, -0.25) is 4.99 Å². The molecule has 1 aromatic carbocycles. The summed E-state index contributed by atoms with van der Waals surface area (Å²) in [5, 5.41) is 3.15. The van der Waals surface area contributed by atoms with E-state index >= 15 is 0 Å². The minimum Gasteiger partial charge on any atom is -0.316 e. The lowest BCUT2D eigenvalue weighted by Crippen LogP contribution is -2.13. The summed E-state index contributed by atoms with van der Waals surface area (Å²) in [5.74, 6) is 0. The van der Waals surface area contributed by atoms with Crippen LogP contribution in [0.2, 0.25) is 0 Å². The van der Waals surface area contributed by atoms with Crippen molar-refractivity contribution in [3.05, 3.63) is 29.3 Å². The number of aliphatic imine (C=N–C) groups is 1. The Hall–Kier alpha value is -1.15. The Morgan fingerprint density at radius 2 is 2.00 bits per heavy atom. The number of nitrogens with one attached hydrogen (secondary N) is 1. The van der Waals surface area contributed by atoms with E-state index in [1.807, 2.05) is 7.05 Å². The Balaban J connectivity index is 3.28. The van der Waals surface area contributed by atoms with E-state index in [1.165, 1.54) is 11.1 Å². The summed E-state index contributed by atoms with van der Waals surface area (Å²) < 4.78 is 0. The topological polar surface area (TPSA) is 24.4 Å². The summed E-state index contributed by atoms with van der Waals surface area (Å²) in [6.45, 7) is 11.1. The first-order valence-electron chi connectivity index (χ1n) is 5.24. The summed E-state index contributed by atoms with van der Waals surface area (Å²) in [7, 11) is 1.94. The molecule has 2 nitrogen and oxygen atoms in total. The maximum Gasteiger partial charge on any atom is 0.0704 e. The van der Waals surface area contributed by atoms with Crippen LogP contribution in [0, 0.1) is 0 Å². The molecule has 0 bridgehead atoms. The molecule has 0 aliphatic heterocycles. The van der Waals surface area contributed by atoms with Gasteiger partial charge in [-0.1, -0.05) is 39.0 Å². The van der Waals surface area contributed by atoms with Crippen molar-refractivity contribution in [3.8, 4) is 0 Å². The molecular weight excluding hydrogens is 184 g/mol. The smallest absolute Gasteiger partial charge is 0.0704 e. The van der Waals surface area contributed by atoms with E-state index in [0.717, 1.165) is 12.2 Å². The van der Waals surface area contributed by atoms with Gasteiger partial charge >= 0.3 is 0 Å². The van der Waals surface area contributed by atoms with Crippen molar-refractivity contribution in [2.75, 3.05) is 7.05 Å². The average Bonchev–Trinajstić information content (AvgIpc) is 2.16. The van der Waals surface area contributed by atoms with Crippen molar-refractivity contribution in [2.45, 2.75) is 32.7 Å². The van der Waals surface area contributed by atoms with Gasteiger partial charge in [-0.05, 0) is 30.3 Å². The van der Waals surface area contributed by atoms with Crippen LogP contribution in [0.3, 0.4) is 0 Å². The fourth-order valence-electron chi connectivity index (χ4n) is 1.72. The summed E-state index contributed by atoms with van der Waals surface area (Å²) in [5.41, 5.74) is 3.60. The molecular formula is C13H20N2. The summed E-state index contributed by atoms with van der Waals surface area (Å²) >= 11 is 0. The number of benzene rings is 1. The van der Waals surface area contributed by atoms with Crippen LogP contribution in [0.25, 0.3) is 0 Å². The highest BCUT2D eigenvalue weighted by molar-refractivity contribution is 5.59. The molecule has 0 amide bonds. The van der Waals surface area contributed by atoms with Gasteiger partial charge < -0.3 is 5.32 Å². The first-order chi connectivity index (χ1) is 7.00. The molecule has 0 heterocycles. The van der Waals surface area contributed by atoms with Crippen molar-refractivity contribution >= 4 is 12.4 Å². The standard InChI is InChI=1S/C13H20N2/c1-13(2,3)11-8-6-7-10(9-14-4)12(11)15-5/h6-8,14H,5,9H2,1-4H3. The van der Waals surface area contributed by atoms with Gasteiger partial charge in [0, 0.05) is 6.54 Å². The molecule has 0 fully saturated rings. The molecule has 0 aliphatic carbocycles. The van der Waals surface area contributed by atoms with E-state index < -0.39 is 0 Å². The second kappa shape index (κ2) is 4.58. The van der Waals surface area contributed by atoms with E-state index in [0.29, 0.717) is 0 Å². The van der Waals surface area contributed by atoms with Gasteiger partial charge in [0.1, 0.15) is 0 Å². The van der Waals surface area contributed by atoms with Crippen molar-refractivity contribution in [2.24, 2.45) is 4.99 Å². The first-order valence-corrected chi connectivity index (χ1v) is 5.24. The minimum atomic E-state index is 0.111. The second-order valence-electron chi connectivity index (χ2n) is 4.75. The van der Waals surface area contributed by atoms with E-state index in [1.54, 1.807) is 0 Å². The monoisotopic (exact) mass is 204 g/mol. The third kappa shape index (κ3) is 2.66. The van der Waals surface area contributed by atoms with Crippen LogP contribution < -0.4 is 5.32 Å². The Morgan fingerprint density at radius 3 is 2.47 bits per heavy atom. The summed E-state index contributed by atoms with van der Waals surface area (Å²) in [4.78, 5) is 4.17. The van der Waals surface area contributed by atoms with E-state index in [-0.39, 0.29) is 5.41 Å². The molecule has 1 aromatic rings. The molecule has 0 spiro atoms. The third-order valence-corrected chi connectivity index (χ3v) is 2.45. The van der Waals surface area contributed by atoms with Gasteiger partial charge in [0.15, 0.2) is 0 Å². The number of hydrogen-bond acceptors (Lipinski definition) is 2. The van der Waals surface area contributed by atoms with Gasteiger partial charge in [-0.25, -0.2) is 0 Å². The maximum atomic E-state index is 4.17. The van der Waals surface area contributed by atoms with Crippen LogP contribution in [-0.2, 0) is 12.0 Å². The van der Waals surface area contributed by atoms with Crippen molar-refractivity contribution in [3.63, 3.8) is 0 Å². The Labute approximate surface area is 92.4 Å². The first kappa shape index (κ1) is 11.9. The molecule has 0 saturated heterocycles. The quantitative estimate of drug-likeness (QED) is 0.752. The van der Waals surface area contributed by atoms with Crippen LogP contribution in [0.15, 0.2) is 23.2 Å². The van der Waals surface area contributed by atoms with Crippen molar-refractivity contribution in [1.82, 2.24) is 5.32 Å². The van der Waals surface area contributed by atoms with Crippen LogP contribution in [0.5, 0.6) is 0 Å². The average molecular weight is 204 g/mol. The van der Waals surface area contributed by atoms with Crippen LogP contribution >= 0.6 is 0 Å². The Bertz CT molecular complexity index is 348. The van der Waals surface area contributed by atoms with Crippen molar-refractivity contribution < 1.29 is 0 Å². The number of nitrogens with zero attached hydrogens (tertiary/aromatic N) is 1. The molecule has 0 aliphatic rings. The molecule has 0 unspecified atom stereocenters. The van der Waals surface area contributed by atoms with Gasteiger partial charge in [0.25, 0.3) is 0 Å². The Morgan fingerprint density at radius 1 is 1.33 bits per heavy atom. The van der Waals surface area contributed by atoms with Gasteiger partial charge in [0.05, 0.1) is 5.69 Å². The number of rotatable bonds is 3. The highest BCUT2D eigenvalue weighted by Crippen LogP contribution is 2.33. The fraction of sp³-hybridized carbons (Fsp3) is 0.462. The molecule has 0 aromatic heterocycles. The van der Waals surface area contributed by atoms with Crippen LogP contribution in [0.4, 0.5) is 5.69 Å². The molecule has 15 heavy (non-hydrogen) atoms. The predicted octanol–water partition coefficient (Wildman–Crippen LogP) is 3.04. The molecule has 0 radical (unpaired) electrons. The SMILES string of the molecule is C=Nc1c(CNC)cccc1C(C)(C)C. The van der Waals surface area contributed by atoms with E-state index in [9.17, 15) is 0 Å². The van der Waals surface area contributed by atoms with Crippen molar-refractivity contribution in [1.29, 1.82) is 0 Å². The summed E-state index contributed by atoms with van der Waals surface area (Å²) in [6, 6.07) is 6.31. The Kier molecular flexibility index (Phi) is 3.64. The molecule has 82 valence electrons. The molecule has 1 rings (SSSR count). The zero-order valence-electron chi connectivity index (χ0n) is 10.1. The third-order valence-electron chi connectivity index (χ3n) is 2.45. The van der Waals surface area contributed by atoms with Gasteiger partial charge in [-0.2, -0.15) is 0 Å². The lowest BCUT2D eigenvalue weighted by molar-refractivity contribution is 0.590. The lowest BCUT2D eigenvalue weighted by Gasteiger charge is -2.22. The minimum absolute atomic E-state index is 0.111. The number of hydrogen-bond donors (Lipinski definition) is 1. The van der Waals surface area contributed by atoms with Gasteiger partial charge in [0.2, 0.25) is 0 Å². The molecule has 0 atom stereocenters. The molecule has 2 heteroatoms. The van der Waals surface area contributed by atoms with E-state index in [4.69, 9.17) is 0 Å². The lowest BCUT2D eigenvalue weighted by atomic mass is 9.84. The zero-order chi connectivity index (χ0) is 11.5. The van der Waals surface area contributed by atoms with Crippen LogP contribution in [0.1, 0.15) is 31.9 Å². The number of para-hydroxylation sites is 1. The zero-order valence-corrected chi connectivity index (χ0v) is 10.1. The predicted molar refractivity (Wildman–Crippen MR) is 67.1 cm³/mol. The second-order valence-corrected chi connectivity index (χ2v) is 4.75. The largest absolute Gasteiger partial charge is 0.316 e. The normalized spacial score (nSPS) is 11.5. The van der Waals surface area contributed by atoms with E-state index in [2.05, 4.69) is 56.0 Å². The highest BCUT2D eigenvalue weighted by atomic mass is 14.8.